The van der Waals surface area contributed by atoms with Crippen LogP contribution in [-0.2, 0) is 4.79 Å². The van der Waals surface area contributed by atoms with E-state index in [-0.39, 0.29) is 11.9 Å². The number of aromatic nitrogens is 5. The van der Waals surface area contributed by atoms with Gasteiger partial charge in [-0.25, -0.2) is 4.68 Å². The number of carbonyl (C=O) groups excluding carboxylic acids is 1. The first-order chi connectivity index (χ1) is 14.0. The molecule has 1 amide bonds. The predicted octanol–water partition coefficient (Wildman–Crippen LogP) is 2.92. The molecule has 2 aromatic heterocycles. The van der Waals surface area contributed by atoms with E-state index in [0.29, 0.717) is 41.3 Å². The number of likely N-dealkylation sites (tertiary alicyclic amines) is 1. The van der Waals surface area contributed by atoms with Gasteiger partial charge in [0.2, 0.25) is 0 Å². The molecular weight excluding hydrogens is 396 g/mol. The zero-order valence-corrected chi connectivity index (χ0v) is 16.9. The quantitative estimate of drug-likeness (QED) is 0.630. The SMILES string of the molecule is Cc1noc(-c2cn(C3CCN(C(=O)C(C)Oc4ccc(Cl)cc4)CC3)nn2)n1. The highest BCUT2D eigenvalue weighted by Gasteiger charge is 2.28. The summed E-state index contributed by atoms with van der Waals surface area (Å²) >= 11 is 5.88. The monoisotopic (exact) mass is 416 g/mol. The second kappa shape index (κ2) is 8.20. The van der Waals surface area contributed by atoms with Crippen LogP contribution in [0, 0.1) is 6.92 Å². The van der Waals surface area contributed by atoms with Gasteiger partial charge in [0.15, 0.2) is 17.6 Å². The van der Waals surface area contributed by atoms with Crippen molar-refractivity contribution in [2.24, 2.45) is 0 Å². The first-order valence-electron chi connectivity index (χ1n) is 9.43. The zero-order chi connectivity index (χ0) is 20.4. The van der Waals surface area contributed by atoms with Gasteiger partial charge < -0.3 is 14.2 Å². The number of amides is 1. The molecule has 0 N–H and O–H groups in total. The van der Waals surface area contributed by atoms with Crippen LogP contribution in [-0.4, -0.2) is 55.1 Å². The highest BCUT2D eigenvalue weighted by molar-refractivity contribution is 6.30. The summed E-state index contributed by atoms with van der Waals surface area (Å²) in [5.74, 6) is 1.50. The maximum Gasteiger partial charge on any atom is 0.280 e. The van der Waals surface area contributed by atoms with Crippen molar-refractivity contribution >= 4 is 17.5 Å². The second-order valence-corrected chi connectivity index (χ2v) is 7.44. The summed E-state index contributed by atoms with van der Waals surface area (Å²) in [6.07, 6.45) is 2.81. The summed E-state index contributed by atoms with van der Waals surface area (Å²) in [7, 11) is 0. The van der Waals surface area contributed by atoms with Crippen LogP contribution >= 0.6 is 11.6 Å². The Morgan fingerprint density at radius 1 is 1.28 bits per heavy atom. The van der Waals surface area contributed by atoms with E-state index in [0.717, 1.165) is 12.8 Å². The molecule has 3 aromatic rings. The lowest BCUT2D eigenvalue weighted by Crippen LogP contribution is -2.45. The van der Waals surface area contributed by atoms with Crippen LogP contribution in [0.3, 0.4) is 0 Å². The number of benzene rings is 1. The van der Waals surface area contributed by atoms with Crippen molar-refractivity contribution in [2.45, 2.75) is 38.8 Å². The molecule has 0 saturated carbocycles. The van der Waals surface area contributed by atoms with E-state index in [1.54, 1.807) is 44.3 Å². The van der Waals surface area contributed by atoms with Gasteiger partial charge in [0.1, 0.15) is 5.75 Å². The molecule has 152 valence electrons. The van der Waals surface area contributed by atoms with Crippen LogP contribution in [0.5, 0.6) is 5.75 Å². The van der Waals surface area contributed by atoms with Crippen LogP contribution in [0.1, 0.15) is 31.6 Å². The van der Waals surface area contributed by atoms with Crippen molar-refractivity contribution in [3.8, 4) is 17.3 Å². The summed E-state index contributed by atoms with van der Waals surface area (Å²) in [6, 6.07) is 7.15. The minimum Gasteiger partial charge on any atom is -0.481 e. The Kier molecular flexibility index (Phi) is 5.48. The van der Waals surface area contributed by atoms with E-state index in [1.807, 2.05) is 9.58 Å². The van der Waals surface area contributed by atoms with Gasteiger partial charge in [-0.1, -0.05) is 22.0 Å². The number of rotatable bonds is 5. The predicted molar refractivity (Wildman–Crippen MR) is 104 cm³/mol. The van der Waals surface area contributed by atoms with Gasteiger partial charge in [-0.15, -0.1) is 5.10 Å². The van der Waals surface area contributed by atoms with E-state index >= 15 is 0 Å². The molecule has 3 heterocycles. The smallest absolute Gasteiger partial charge is 0.280 e. The summed E-state index contributed by atoms with van der Waals surface area (Å²) in [6.45, 7) is 4.78. The normalized spacial score (nSPS) is 16.0. The topological polar surface area (TPSA) is 99.2 Å². The maximum atomic E-state index is 12.7. The highest BCUT2D eigenvalue weighted by atomic mass is 35.5. The number of carbonyl (C=O) groups is 1. The van der Waals surface area contributed by atoms with Gasteiger partial charge in [0, 0.05) is 18.1 Å². The van der Waals surface area contributed by atoms with E-state index < -0.39 is 6.10 Å². The van der Waals surface area contributed by atoms with Gasteiger partial charge in [-0.3, -0.25) is 4.79 Å². The number of halogens is 1. The third-order valence-electron chi connectivity index (χ3n) is 4.88. The number of aryl methyl sites for hydroxylation is 1. The maximum absolute atomic E-state index is 12.7. The zero-order valence-electron chi connectivity index (χ0n) is 16.2. The molecule has 1 fully saturated rings. The number of hydrogen-bond donors (Lipinski definition) is 0. The average Bonchev–Trinajstić information content (AvgIpc) is 3.38. The minimum atomic E-state index is -0.563. The minimum absolute atomic E-state index is 0.0287. The van der Waals surface area contributed by atoms with E-state index in [1.165, 1.54) is 0 Å². The van der Waals surface area contributed by atoms with Gasteiger partial charge in [0.05, 0.1) is 12.2 Å². The standard InChI is InChI=1S/C19H21ClN6O3/c1-12(28-16-5-3-14(20)4-6-16)19(27)25-9-7-15(8-10-25)26-11-17(22-24-26)18-21-13(2)23-29-18/h3-6,11-12,15H,7-10H2,1-2H3. The fourth-order valence-corrected chi connectivity index (χ4v) is 3.46. The van der Waals surface area contributed by atoms with Crippen LogP contribution in [0.25, 0.3) is 11.6 Å². The van der Waals surface area contributed by atoms with Crippen LogP contribution in [0.4, 0.5) is 0 Å². The van der Waals surface area contributed by atoms with Gasteiger partial charge >= 0.3 is 0 Å². The van der Waals surface area contributed by atoms with Crippen molar-refractivity contribution in [3.05, 3.63) is 41.3 Å². The molecule has 1 unspecified atom stereocenters. The summed E-state index contributed by atoms with van der Waals surface area (Å²) in [5, 5.41) is 12.7. The van der Waals surface area contributed by atoms with Gasteiger partial charge in [-0.05, 0) is 51.0 Å². The number of hydrogen-bond acceptors (Lipinski definition) is 7. The largest absolute Gasteiger partial charge is 0.481 e. The Labute approximate surface area is 172 Å². The first kappa shape index (κ1) is 19.4. The third-order valence-corrected chi connectivity index (χ3v) is 5.13. The van der Waals surface area contributed by atoms with Crippen molar-refractivity contribution in [3.63, 3.8) is 0 Å². The van der Waals surface area contributed by atoms with Crippen molar-refractivity contribution in [1.29, 1.82) is 0 Å². The second-order valence-electron chi connectivity index (χ2n) is 7.00. The molecule has 10 heteroatoms. The molecule has 1 atom stereocenters. The molecule has 1 aliphatic rings. The van der Waals surface area contributed by atoms with Crippen LogP contribution in [0.15, 0.2) is 35.0 Å². The van der Waals surface area contributed by atoms with E-state index in [9.17, 15) is 4.79 Å². The van der Waals surface area contributed by atoms with Crippen molar-refractivity contribution in [1.82, 2.24) is 30.0 Å². The molecule has 0 radical (unpaired) electrons. The fraction of sp³-hybridized carbons (Fsp3) is 0.421. The Hall–Kier alpha value is -2.94. The molecule has 9 nitrogen and oxygen atoms in total. The van der Waals surface area contributed by atoms with Crippen molar-refractivity contribution in [2.75, 3.05) is 13.1 Å². The third kappa shape index (κ3) is 4.40. The van der Waals surface area contributed by atoms with E-state index in [2.05, 4.69) is 20.5 Å². The van der Waals surface area contributed by atoms with Crippen LogP contribution < -0.4 is 4.74 Å². The molecule has 0 aliphatic carbocycles. The fourth-order valence-electron chi connectivity index (χ4n) is 3.33. The molecule has 0 bridgehead atoms. The number of ether oxygens (including phenoxy) is 1. The lowest BCUT2D eigenvalue weighted by atomic mass is 10.0. The summed E-state index contributed by atoms with van der Waals surface area (Å²) in [4.78, 5) is 18.7. The van der Waals surface area contributed by atoms with E-state index in [4.69, 9.17) is 20.9 Å². The molecule has 29 heavy (non-hydrogen) atoms. The molecule has 0 spiro atoms. The first-order valence-corrected chi connectivity index (χ1v) is 9.81. The average molecular weight is 417 g/mol. The summed E-state index contributed by atoms with van der Waals surface area (Å²) in [5.41, 5.74) is 0.550. The Bertz CT molecular complexity index is 978. The highest BCUT2D eigenvalue weighted by Crippen LogP contribution is 2.25. The van der Waals surface area contributed by atoms with Gasteiger partial charge in [-0.2, -0.15) is 4.98 Å². The Morgan fingerprint density at radius 2 is 2.00 bits per heavy atom. The lowest BCUT2D eigenvalue weighted by Gasteiger charge is -2.33. The number of piperidine rings is 1. The Morgan fingerprint density at radius 3 is 2.66 bits per heavy atom. The Balaban J connectivity index is 1.32. The van der Waals surface area contributed by atoms with Crippen LogP contribution in [0.2, 0.25) is 5.02 Å². The lowest BCUT2D eigenvalue weighted by molar-refractivity contribution is -0.139. The number of nitrogens with zero attached hydrogens (tertiary/aromatic N) is 6. The molecule has 1 aliphatic heterocycles. The molecule has 1 saturated heterocycles. The molecule has 4 rings (SSSR count). The molecule has 1 aromatic carbocycles. The molecular formula is C19H21ClN6O3. The van der Waals surface area contributed by atoms with Crippen molar-refractivity contribution < 1.29 is 14.1 Å². The summed E-state index contributed by atoms with van der Waals surface area (Å²) < 4.78 is 12.7. The van der Waals surface area contributed by atoms with Gasteiger partial charge in [0.25, 0.3) is 11.8 Å².